The molecule has 2 aromatic carbocycles. The van der Waals surface area contributed by atoms with Gasteiger partial charge < -0.3 is 5.32 Å². The summed E-state index contributed by atoms with van der Waals surface area (Å²) in [5.74, 6) is 0. The summed E-state index contributed by atoms with van der Waals surface area (Å²) in [5, 5.41) is 10.3. The second-order valence-corrected chi connectivity index (χ2v) is 6.22. The van der Waals surface area contributed by atoms with Crippen LogP contribution in [0.5, 0.6) is 0 Å². The van der Waals surface area contributed by atoms with Gasteiger partial charge in [0.05, 0.1) is 6.04 Å². The molecule has 0 radical (unpaired) electrons. The molecule has 0 aliphatic carbocycles. The number of hydrogen-bond acceptors (Lipinski definition) is 2. The van der Waals surface area contributed by atoms with Crippen LogP contribution in [0.15, 0.2) is 57.7 Å². The van der Waals surface area contributed by atoms with Crippen LogP contribution in [0.25, 0.3) is 10.8 Å². The number of nitrogens with one attached hydrogen (secondary N) is 1. The van der Waals surface area contributed by atoms with Crippen molar-refractivity contribution in [3.8, 4) is 0 Å². The van der Waals surface area contributed by atoms with Crippen LogP contribution in [0.4, 0.5) is 0 Å². The van der Waals surface area contributed by atoms with Gasteiger partial charge in [0.1, 0.15) is 0 Å². The summed E-state index contributed by atoms with van der Waals surface area (Å²) in [7, 11) is 2.01. The van der Waals surface area contributed by atoms with Gasteiger partial charge in [-0.05, 0) is 64.0 Å². The summed E-state index contributed by atoms with van der Waals surface area (Å²) in [4.78, 5) is 0. The predicted octanol–water partition coefficient (Wildman–Crippen LogP) is 4.97. The first kappa shape index (κ1) is 12.9. The van der Waals surface area contributed by atoms with Gasteiger partial charge in [-0.1, -0.05) is 34.1 Å². The highest BCUT2D eigenvalue weighted by atomic mass is 79.9. The lowest BCUT2D eigenvalue weighted by Crippen LogP contribution is -2.16. The number of fused-ring (bicyclic) bond motifs is 1. The summed E-state index contributed by atoms with van der Waals surface area (Å²) in [6, 6.07) is 15.5. The van der Waals surface area contributed by atoms with E-state index >= 15 is 0 Å². The first-order valence-corrected chi connectivity index (χ1v) is 7.90. The Kier molecular flexibility index (Phi) is 3.69. The van der Waals surface area contributed by atoms with Crippen LogP contribution in [0.1, 0.15) is 17.2 Å². The van der Waals surface area contributed by atoms with Crippen molar-refractivity contribution in [2.24, 2.45) is 0 Å². The molecule has 1 atom stereocenters. The van der Waals surface area contributed by atoms with E-state index in [9.17, 15) is 0 Å². The van der Waals surface area contributed by atoms with E-state index in [0.717, 1.165) is 4.47 Å². The quantitative estimate of drug-likeness (QED) is 0.714. The Hall–Kier alpha value is -1.16. The van der Waals surface area contributed by atoms with E-state index in [2.05, 4.69) is 74.5 Å². The van der Waals surface area contributed by atoms with Gasteiger partial charge in [-0.2, -0.15) is 11.3 Å². The normalized spacial score (nSPS) is 12.7. The van der Waals surface area contributed by atoms with E-state index in [1.807, 2.05) is 7.05 Å². The fraction of sp³-hybridized carbons (Fsp3) is 0.125. The van der Waals surface area contributed by atoms with Crippen LogP contribution in [-0.2, 0) is 0 Å². The van der Waals surface area contributed by atoms with Crippen molar-refractivity contribution >= 4 is 38.0 Å². The fourth-order valence-corrected chi connectivity index (χ4v) is 3.44. The average molecular weight is 332 g/mol. The maximum Gasteiger partial charge on any atom is 0.0582 e. The Bertz CT molecular complexity index is 691. The number of benzene rings is 2. The lowest BCUT2D eigenvalue weighted by molar-refractivity contribution is 0.695. The summed E-state index contributed by atoms with van der Waals surface area (Å²) in [6.07, 6.45) is 0. The SMILES string of the molecule is CNC(c1ccsc1)c1ccc2cc(Br)ccc2c1. The Balaban J connectivity index is 2.07. The third kappa shape index (κ3) is 2.59. The molecule has 1 N–H and O–H groups in total. The molecule has 3 rings (SSSR count). The summed E-state index contributed by atoms with van der Waals surface area (Å²) in [5.41, 5.74) is 2.62. The molecule has 0 fully saturated rings. The maximum atomic E-state index is 3.51. The third-order valence-corrected chi connectivity index (χ3v) is 4.52. The second kappa shape index (κ2) is 5.45. The largest absolute Gasteiger partial charge is 0.309 e. The summed E-state index contributed by atoms with van der Waals surface area (Å²) >= 11 is 5.25. The molecule has 96 valence electrons. The average Bonchev–Trinajstić information content (AvgIpc) is 2.93. The Morgan fingerprint density at radius 1 is 1.00 bits per heavy atom. The van der Waals surface area contributed by atoms with Crippen LogP contribution in [0.2, 0.25) is 0 Å². The standard InChI is InChI=1S/C16H14BrNS/c1-18-16(14-6-7-19-10-14)13-3-2-12-9-15(17)5-4-11(12)8-13/h2-10,16,18H,1H3. The van der Waals surface area contributed by atoms with Crippen LogP contribution in [-0.4, -0.2) is 7.05 Å². The molecular weight excluding hydrogens is 318 g/mol. The van der Waals surface area contributed by atoms with Crippen molar-refractivity contribution < 1.29 is 0 Å². The minimum Gasteiger partial charge on any atom is -0.309 e. The molecule has 0 spiro atoms. The van der Waals surface area contributed by atoms with Gasteiger partial charge in [-0.25, -0.2) is 0 Å². The molecule has 3 aromatic rings. The van der Waals surface area contributed by atoms with Crippen molar-refractivity contribution in [3.63, 3.8) is 0 Å². The number of thiophene rings is 1. The highest BCUT2D eigenvalue weighted by molar-refractivity contribution is 9.10. The summed E-state index contributed by atoms with van der Waals surface area (Å²) in [6.45, 7) is 0. The molecule has 0 saturated carbocycles. The molecular formula is C16H14BrNS. The molecule has 0 amide bonds. The van der Waals surface area contributed by atoms with Crippen molar-refractivity contribution in [1.82, 2.24) is 5.32 Å². The molecule has 1 aromatic heterocycles. The zero-order chi connectivity index (χ0) is 13.2. The molecule has 3 heteroatoms. The van der Waals surface area contributed by atoms with E-state index in [4.69, 9.17) is 0 Å². The molecule has 0 aliphatic rings. The van der Waals surface area contributed by atoms with E-state index in [1.165, 1.54) is 21.9 Å². The van der Waals surface area contributed by atoms with Gasteiger partial charge in [0.15, 0.2) is 0 Å². The van der Waals surface area contributed by atoms with E-state index < -0.39 is 0 Å². The minimum absolute atomic E-state index is 0.263. The van der Waals surface area contributed by atoms with Gasteiger partial charge in [0, 0.05) is 4.47 Å². The number of hydrogen-bond donors (Lipinski definition) is 1. The van der Waals surface area contributed by atoms with Crippen molar-refractivity contribution in [1.29, 1.82) is 0 Å². The fourth-order valence-electron chi connectivity index (χ4n) is 2.38. The molecule has 1 nitrogen and oxygen atoms in total. The zero-order valence-electron chi connectivity index (χ0n) is 10.6. The van der Waals surface area contributed by atoms with E-state index in [-0.39, 0.29) is 6.04 Å². The molecule has 1 heterocycles. The number of rotatable bonds is 3. The first-order chi connectivity index (χ1) is 9.28. The Morgan fingerprint density at radius 2 is 1.79 bits per heavy atom. The van der Waals surface area contributed by atoms with Gasteiger partial charge in [0.2, 0.25) is 0 Å². The third-order valence-electron chi connectivity index (χ3n) is 3.32. The van der Waals surface area contributed by atoms with Gasteiger partial charge in [0.25, 0.3) is 0 Å². The predicted molar refractivity (Wildman–Crippen MR) is 86.9 cm³/mol. The second-order valence-electron chi connectivity index (χ2n) is 4.53. The molecule has 0 saturated heterocycles. The molecule has 1 unspecified atom stereocenters. The Labute approximate surface area is 125 Å². The van der Waals surface area contributed by atoms with Gasteiger partial charge >= 0.3 is 0 Å². The van der Waals surface area contributed by atoms with Crippen LogP contribution >= 0.6 is 27.3 Å². The summed E-state index contributed by atoms with van der Waals surface area (Å²) < 4.78 is 1.12. The van der Waals surface area contributed by atoms with Crippen LogP contribution in [0.3, 0.4) is 0 Å². The highest BCUT2D eigenvalue weighted by Crippen LogP contribution is 2.27. The van der Waals surface area contributed by atoms with Gasteiger partial charge in [-0.3, -0.25) is 0 Å². The minimum atomic E-state index is 0.263. The van der Waals surface area contributed by atoms with E-state index in [1.54, 1.807) is 11.3 Å². The Morgan fingerprint density at radius 3 is 2.53 bits per heavy atom. The van der Waals surface area contributed by atoms with Crippen molar-refractivity contribution in [2.45, 2.75) is 6.04 Å². The maximum absolute atomic E-state index is 3.51. The van der Waals surface area contributed by atoms with Gasteiger partial charge in [-0.15, -0.1) is 0 Å². The molecule has 0 aliphatic heterocycles. The highest BCUT2D eigenvalue weighted by Gasteiger charge is 2.12. The first-order valence-electron chi connectivity index (χ1n) is 6.16. The van der Waals surface area contributed by atoms with Crippen LogP contribution < -0.4 is 5.32 Å². The molecule has 19 heavy (non-hydrogen) atoms. The lowest BCUT2D eigenvalue weighted by atomic mass is 9.98. The van der Waals surface area contributed by atoms with Crippen molar-refractivity contribution in [2.75, 3.05) is 7.05 Å². The number of halogens is 1. The zero-order valence-corrected chi connectivity index (χ0v) is 13.0. The van der Waals surface area contributed by atoms with E-state index in [0.29, 0.717) is 0 Å². The smallest absolute Gasteiger partial charge is 0.0582 e. The lowest BCUT2D eigenvalue weighted by Gasteiger charge is -2.16. The monoisotopic (exact) mass is 331 g/mol. The topological polar surface area (TPSA) is 12.0 Å². The molecule has 0 bridgehead atoms. The van der Waals surface area contributed by atoms with Crippen molar-refractivity contribution in [3.05, 3.63) is 68.8 Å². The van der Waals surface area contributed by atoms with Crippen LogP contribution in [0, 0.1) is 0 Å².